The molecule has 176 valence electrons. The first-order valence-corrected chi connectivity index (χ1v) is 11.3. The van der Waals surface area contributed by atoms with Gasteiger partial charge in [-0.2, -0.15) is 13.2 Å². The van der Waals surface area contributed by atoms with Crippen LogP contribution in [0, 0.1) is 0 Å². The van der Waals surface area contributed by atoms with Crippen LogP contribution in [-0.2, 0) is 35.3 Å². The summed E-state index contributed by atoms with van der Waals surface area (Å²) in [5.74, 6) is 0.990. The minimum Gasteiger partial charge on any atom is -0.489 e. The third-order valence-electron chi connectivity index (χ3n) is 5.23. The summed E-state index contributed by atoms with van der Waals surface area (Å²) < 4.78 is 55.8. The Bertz CT molecular complexity index is 1280. The summed E-state index contributed by atoms with van der Waals surface area (Å²) in [7, 11) is 1.37. The lowest BCUT2D eigenvalue weighted by Gasteiger charge is -2.13. The maximum Gasteiger partial charge on any atom is 0.416 e. The second-order valence-corrected chi connectivity index (χ2v) is 8.46. The molecule has 0 unspecified atom stereocenters. The van der Waals surface area contributed by atoms with Crippen molar-refractivity contribution in [2.75, 3.05) is 7.11 Å². The Hall–Kier alpha value is -3.52. The number of para-hydroxylation sites is 1. The number of fused-ring (bicyclic) bond motifs is 1. The SMILES string of the molecule is COC(=O)Cc1csc2cc(OCc3ccccc3OCc3ccc(C(F)(F)F)cc3)ccc12. The van der Waals surface area contributed by atoms with Crippen molar-refractivity contribution in [3.63, 3.8) is 0 Å². The van der Waals surface area contributed by atoms with Gasteiger partial charge in [0.25, 0.3) is 0 Å². The number of alkyl halides is 3. The molecule has 0 aliphatic heterocycles. The molecule has 4 nitrogen and oxygen atoms in total. The van der Waals surface area contributed by atoms with Crippen LogP contribution in [0.1, 0.15) is 22.3 Å². The zero-order valence-corrected chi connectivity index (χ0v) is 19.0. The number of carbonyl (C=O) groups is 1. The summed E-state index contributed by atoms with van der Waals surface area (Å²) in [5, 5.41) is 2.93. The van der Waals surface area contributed by atoms with E-state index >= 15 is 0 Å². The highest BCUT2D eigenvalue weighted by atomic mass is 32.1. The smallest absolute Gasteiger partial charge is 0.416 e. The van der Waals surface area contributed by atoms with Gasteiger partial charge in [0.1, 0.15) is 24.7 Å². The van der Waals surface area contributed by atoms with Crippen molar-refractivity contribution in [1.82, 2.24) is 0 Å². The molecule has 0 amide bonds. The fraction of sp³-hybridized carbons (Fsp3) is 0.192. The van der Waals surface area contributed by atoms with Crippen LogP contribution in [0.3, 0.4) is 0 Å². The molecule has 1 heterocycles. The van der Waals surface area contributed by atoms with Gasteiger partial charge in [-0.1, -0.05) is 30.3 Å². The number of rotatable bonds is 8. The van der Waals surface area contributed by atoms with E-state index in [1.54, 1.807) is 6.07 Å². The number of ether oxygens (including phenoxy) is 3. The summed E-state index contributed by atoms with van der Waals surface area (Å²) in [6.07, 6.45) is -4.14. The summed E-state index contributed by atoms with van der Waals surface area (Å²) in [6.45, 7) is 0.397. The van der Waals surface area contributed by atoms with Gasteiger partial charge in [0.2, 0.25) is 0 Å². The molecule has 34 heavy (non-hydrogen) atoms. The van der Waals surface area contributed by atoms with Crippen molar-refractivity contribution >= 4 is 27.4 Å². The molecule has 0 aliphatic rings. The number of benzene rings is 3. The Morgan fingerprint density at radius 2 is 1.68 bits per heavy atom. The molecule has 4 aromatic rings. The molecule has 0 saturated heterocycles. The summed E-state index contributed by atoms with van der Waals surface area (Å²) in [4.78, 5) is 11.6. The number of thiophene rings is 1. The Balaban J connectivity index is 1.40. The average molecular weight is 487 g/mol. The monoisotopic (exact) mass is 486 g/mol. The van der Waals surface area contributed by atoms with Crippen LogP contribution in [-0.4, -0.2) is 13.1 Å². The number of hydrogen-bond acceptors (Lipinski definition) is 5. The fourth-order valence-electron chi connectivity index (χ4n) is 3.39. The minimum absolute atomic E-state index is 0.138. The van der Waals surface area contributed by atoms with E-state index in [9.17, 15) is 18.0 Å². The number of hydrogen-bond donors (Lipinski definition) is 0. The van der Waals surface area contributed by atoms with Crippen LogP contribution >= 0.6 is 11.3 Å². The molecular weight excluding hydrogens is 465 g/mol. The molecule has 0 radical (unpaired) electrons. The number of halogens is 3. The third kappa shape index (κ3) is 5.69. The zero-order chi connectivity index (χ0) is 24.1. The van der Waals surface area contributed by atoms with Crippen molar-refractivity contribution in [2.24, 2.45) is 0 Å². The van der Waals surface area contributed by atoms with Crippen LogP contribution in [0.2, 0.25) is 0 Å². The summed E-state index contributed by atoms with van der Waals surface area (Å²) >= 11 is 1.53. The second kappa shape index (κ2) is 10.2. The first-order valence-electron chi connectivity index (χ1n) is 10.4. The molecule has 4 rings (SSSR count). The van der Waals surface area contributed by atoms with Crippen LogP contribution in [0.5, 0.6) is 11.5 Å². The van der Waals surface area contributed by atoms with Gasteiger partial charge in [-0.15, -0.1) is 11.3 Å². The predicted octanol–water partition coefficient (Wildman–Crippen LogP) is 6.79. The van der Waals surface area contributed by atoms with Gasteiger partial charge in [0, 0.05) is 10.3 Å². The normalized spacial score (nSPS) is 11.4. The highest BCUT2D eigenvalue weighted by molar-refractivity contribution is 7.17. The van der Waals surface area contributed by atoms with Crippen LogP contribution in [0.4, 0.5) is 13.2 Å². The maximum atomic E-state index is 12.7. The Morgan fingerprint density at radius 3 is 2.41 bits per heavy atom. The van der Waals surface area contributed by atoms with Crippen molar-refractivity contribution in [3.8, 4) is 11.5 Å². The molecule has 1 aromatic heterocycles. The van der Waals surface area contributed by atoms with E-state index in [4.69, 9.17) is 14.2 Å². The van der Waals surface area contributed by atoms with E-state index in [0.29, 0.717) is 17.1 Å². The molecule has 0 bridgehead atoms. The number of esters is 1. The molecule has 0 spiro atoms. The standard InChI is InChI=1S/C26H21F3O4S/c1-31-25(30)12-19-16-34-24-13-21(10-11-22(19)24)32-15-18-4-2-3-5-23(18)33-14-17-6-8-20(9-7-17)26(27,28)29/h2-11,13,16H,12,14-15H2,1H3. The zero-order valence-electron chi connectivity index (χ0n) is 18.2. The molecule has 0 atom stereocenters. The van der Waals surface area contributed by atoms with Crippen molar-refractivity contribution in [2.45, 2.75) is 25.8 Å². The number of methoxy groups -OCH3 is 1. The third-order valence-corrected chi connectivity index (χ3v) is 6.23. The fourth-order valence-corrected chi connectivity index (χ4v) is 4.38. The van der Waals surface area contributed by atoms with E-state index in [1.807, 2.05) is 41.8 Å². The quantitative estimate of drug-likeness (QED) is 0.257. The number of carbonyl (C=O) groups excluding carboxylic acids is 1. The first-order chi connectivity index (χ1) is 16.3. The molecule has 8 heteroatoms. The van der Waals surface area contributed by atoms with Crippen molar-refractivity contribution < 1.29 is 32.2 Å². The van der Waals surface area contributed by atoms with Gasteiger partial charge in [-0.05, 0) is 58.3 Å². The highest BCUT2D eigenvalue weighted by Crippen LogP contribution is 2.32. The van der Waals surface area contributed by atoms with Crippen molar-refractivity contribution in [3.05, 3.63) is 94.4 Å². The molecule has 0 fully saturated rings. The lowest BCUT2D eigenvalue weighted by molar-refractivity contribution is -0.140. The van der Waals surface area contributed by atoms with Gasteiger partial charge >= 0.3 is 12.1 Å². The van der Waals surface area contributed by atoms with Crippen molar-refractivity contribution in [1.29, 1.82) is 0 Å². The topological polar surface area (TPSA) is 44.8 Å². The molecular formula is C26H21F3O4S. The van der Waals surface area contributed by atoms with E-state index in [-0.39, 0.29) is 25.6 Å². The predicted molar refractivity (Wildman–Crippen MR) is 124 cm³/mol. The van der Waals surface area contributed by atoms with E-state index in [2.05, 4.69) is 0 Å². The average Bonchev–Trinajstić information content (AvgIpc) is 3.23. The van der Waals surface area contributed by atoms with E-state index in [1.165, 1.54) is 30.6 Å². The lowest BCUT2D eigenvalue weighted by Crippen LogP contribution is -2.05. The minimum atomic E-state index is -4.36. The largest absolute Gasteiger partial charge is 0.489 e. The van der Waals surface area contributed by atoms with Gasteiger partial charge < -0.3 is 14.2 Å². The van der Waals surface area contributed by atoms with E-state index < -0.39 is 11.7 Å². The molecule has 0 saturated carbocycles. The lowest BCUT2D eigenvalue weighted by atomic mass is 10.1. The Morgan fingerprint density at radius 1 is 0.912 bits per heavy atom. The second-order valence-electron chi connectivity index (χ2n) is 7.55. The van der Waals surface area contributed by atoms with Gasteiger partial charge in [-0.25, -0.2) is 0 Å². The van der Waals surface area contributed by atoms with Crippen LogP contribution in [0.25, 0.3) is 10.1 Å². The van der Waals surface area contributed by atoms with Gasteiger partial charge in [-0.3, -0.25) is 4.79 Å². The van der Waals surface area contributed by atoms with Crippen LogP contribution < -0.4 is 9.47 Å². The first kappa shape index (κ1) is 23.6. The van der Waals surface area contributed by atoms with E-state index in [0.717, 1.165) is 33.3 Å². The van der Waals surface area contributed by atoms with Crippen LogP contribution in [0.15, 0.2) is 72.1 Å². The Labute approximate surface area is 198 Å². The van der Waals surface area contributed by atoms with Gasteiger partial charge in [0.05, 0.1) is 19.1 Å². The molecule has 0 aliphatic carbocycles. The Kier molecular flexibility index (Phi) is 7.07. The molecule has 0 N–H and O–H groups in total. The van der Waals surface area contributed by atoms with Gasteiger partial charge in [0.15, 0.2) is 0 Å². The summed E-state index contributed by atoms with van der Waals surface area (Å²) in [5.41, 5.74) is 1.67. The maximum absolute atomic E-state index is 12.7. The summed E-state index contributed by atoms with van der Waals surface area (Å²) in [6, 6.07) is 18.0. The highest BCUT2D eigenvalue weighted by Gasteiger charge is 2.29. The molecule has 3 aromatic carbocycles.